The van der Waals surface area contributed by atoms with E-state index in [1.54, 1.807) is 12.1 Å². The van der Waals surface area contributed by atoms with E-state index in [1.165, 1.54) is 28.4 Å². The fraction of sp³-hybridized carbons (Fsp3) is 0.250. The maximum absolute atomic E-state index is 13.1. The summed E-state index contributed by atoms with van der Waals surface area (Å²) in [5.74, 6) is 0.272. The Kier molecular flexibility index (Phi) is 5.30. The van der Waals surface area contributed by atoms with Gasteiger partial charge < -0.3 is 15.0 Å². The number of halogens is 1. The Balaban J connectivity index is 1.38. The molecule has 0 bridgehead atoms. The first-order valence-corrected chi connectivity index (χ1v) is 10.0. The van der Waals surface area contributed by atoms with Crippen molar-refractivity contribution in [2.24, 2.45) is 0 Å². The van der Waals surface area contributed by atoms with E-state index in [4.69, 9.17) is 4.74 Å². The van der Waals surface area contributed by atoms with Crippen LogP contribution in [0.4, 0.5) is 20.0 Å². The monoisotopic (exact) mass is 414 g/mol. The third-order valence-electron chi connectivity index (χ3n) is 4.49. The highest BCUT2D eigenvalue weighted by atomic mass is 32.1. The third kappa shape index (κ3) is 4.29. The van der Waals surface area contributed by atoms with Gasteiger partial charge in [-0.15, -0.1) is 0 Å². The number of aromatic nitrogens is 1. The van der Waals surface area contributed by atoms with Crippen LogP contribution in [0.1, 0.15) is 13.3 Å². The predicted octanol–water partition coefficient (Wildman–Crippen LogP) is 3.76. The number of carbonyl (C=O) groups is 2. The van der Waals surface area contributed by atoms with Crippen LogP contribution in [0.2, 0.25) is 0 Å². The number of nitrogens with zero attached hydrogens (tertiary/aromatic N) is 2. The number of anilines is 2. The highest BCUT2D eigenvalue weighted by Crippen LogP contribution is 2.29. The molecule has 2 aromatic carbocycles. The van der Waals surface area contributed by atoms with Crippen LogP contribution < -0.4 is 20.3 Å². The second kappa shape index (κ2) is 8.04. The van der Waals surface area contributed by atoms with Gasteiger partial charge in [-0.3, -0.25) is 10.1 Å². The van der Waals surface area contributed by atoms with Gasteiger partial charge in [0, 0.05) is 18.7 Å². The number of hydrogen-bond donors (Lipinski definition) is 2. The molecule has 4 rings (SSSR count). The molecule has 0 spiro atoms. The molecule has 1 atom stereocenters. The number of ether oxygens (including phenoxy) is 1. The van der Waals surface area contributed by atoms with Crippen molar-refractivity contribution in [2.75, 3.05) is 23.4 Å². The van der Waals surface area contributed by atoms with Crippen LogP contribution in [0, 0.1) is 5.82 Å². The molecular formula is C20H19FN4O3S. The van der Waals surface area contributed by atoms with Crippen LogP contribution in [-0.4, -0.2) is 36.1 Å². The summed E-state index contributed by atoms with van der Waals surface area (Å²) >= 11 is 1.35. The third-order valence-corrected chi connectivity index (χ3v) is 5.42. The maximum Gasteiger partial charge on any atom is 0.321 e. The van der Waals surface area contributed by atoms with Crippen LogP contribution in [0.15, 0.2) is 42.5 Å². The van der Waals surface area contributed by atoms with Crippen LogP contribution in [-0.2, 0) is 4.79 Å². The summed E-state index contributed by atoms with van der Waals surface area (Å²) < 4.78 is 19.5. The Morgan fingerprint density at radius 3 is 2.86 bits per heavy atom. The first kappa shape index (κ1) is 19.1. The second-order valence-corrected chi connectivity index (χ2v) is 7.59. The van der Waals surface area contributed by atoms with Crippen molar-refractivity contribution >= 4 is 44.3 Å². The van der Waals surface area contributed by atoms with Crippen molar-refractivity contribution in [3.05, 3.63) is 48.3 Å². The summed E-state index contributed by atoms with van der Waals surface area (Å²) in [5.41, 5.74) is 1.38. The second-order valence-electron chi connectivity index (χ2n) is 6.56. The van der Waals surface area contributed by atoms with E-state index in [2.05, 4.69) is 15.6 Å². The van der Waals surface area contributed by atoms with Crippen molar-refractivity contribution in [2.45, 2.75) is 19.4 Å². The standard InChI is InChI=1S/C20H19FN4O3S/c1-2-28-15-7-8-16-17(10-15)29-20(23-16)24-19(27)22-13-9-18(26)25(11-13)14-5-3-12(21)4-6-14/h3-8,10,13H,2,9,11H2,1H3,(H2,22,23,24,27)/t13-/m0/s1. The lowest BCUT2D eigenvalue weighted by molar-refractivity contribution is -0.117. The molecule has 150 valence electrons. The van der Waals surface area contributed by atoms with Gasteiger partial charge in [0.2, 0.25) is 5.91 Å². The van der Waals surface area contributed by atoms with Crippen molar-refractivity contribution in [3.63, 3.8) is 0 Å². The summed E-state index contributed by atoms with van der Waals surface area (Å²) in [6, 6.07) is 10.5. The van der Waals surface area contributed by atoms with E-state index in [0.29, 0.717) is 24.0 Å². The Hall–Kier alpha value is -3.20. The quantitative estimate of drug-likeness (QED) is 0.666. The lowest BCUT2D eigenvalue weighted by atomic mass is 10.2. The molecule has 1 fully saturated rings. The van der Waals surface area contributed by atoms with Crippen molar-refractivity contribution in [1.82, 2.24) is 10.3 Å². The lowest BCUT2D eigenvalue weighted by Gasteiger charge is -2.17. The zero-order valence-corrected chi connectivity index (χ0v) is 16.5. The fourth-order valence-corrected chi connectivity index (χ4v) is 4.10. The van der Waals surface area contributed by atoms with E-state index in [-0.39, 0.29) is 24.2 Å². The number of carbonyl (C=O) groups excluding carboxylic acids is 2. The molecule has 3 aromatic rings. The van der Waals surface area contributed by atoms with E-state index >= 15 is 0 Å². The molecule has 0 aliphatic carbocycles. The zero-order valence-electron chi connectivity index (χ0n) is 15.6. The first-order chi connectivity index (χ1) is 14.0. The van der Waals surface area contributed by atoms with E-state index in [1.807, 2.05) is 25.1 Å². The molecule has 0 radical (unpaired) electrons. The molecule has 2 heterocycles. The minimum atomic E-state index is -0.423. The molecular weight excluding hydrogens is 395 g/mol. The molecule has 1 aliphatic heterocycles. The van der Waals surface area contributed by atoms with Crippen molar-refractivity contribution < 1.29 is 18.7 Å². The molecule has 0 unspecified atom stereocenters. The van der Waals surface area contributed by atoms with Gasteiger partial charge in [0.15, 0.2) is 5.13 Å². The van der Waals surface area contributed by atoms with Crippen LogP contribution in [0.5, 0.6) is 5.75 Å². The Morgan fingerprint density at radius 1 is 1.31 bits per heavy atom. The summed E-state index contributed by atoms with van der Waals surface area (Å²) in [4.78, 5) is 30.5. The van der Waals surface area contributed by atoms with Crippen molar-refractivity contribution in [1.29, 1.82) is 0 Å². The molecule has 1 aliphatic rings. The fourth-order valence-electron chi connectivity index (χ4n) is 3.21. The van der Waals surface area contributed by atoms with Gasteiger partial charge in [0.1, 0.15) is 11.6 Å². The Bertz CT molecular complexity index is 1050. The van der Waals surface area contributed by atoms with E-state index in [9.17, 15) is 14.0 Å². The molecule has 29 heavy (non-hydrogen) atoms. The van der Waals surface area contributed by atoms with Gasteiger partial charge in [-0.05, 0) is 49.4 Å². The Labute approximate surface area is 170 Å². The number of rotatable bonds is 5. The number of amides is 3. The number of urea groups is 1. The highest BCUT2D eigenvalue weighted by Gasteiger charge is 2.31. The number of nitrogens with one attached hydrogen (secondary N) is 2. The maximum atomic E-state index is 13.1. The highest BCUT2D eigenvalue weighted by molar-refractivity contribution is 7.22. The number of thiazole rings is 1. The van der Waals surface area contributed by atoms with Gasteiger partial charge in [0.25, 0.3) is 0 Å². The molecule has 9 heteroatoms. The number of hydrogen-bond acceptors (Lipinski definition) is 5. The molecule has 7 nitrogen and oxygen atoms in total. The number of benzene rings is 2. The van der Waals surface area contributed by atoms with Crippen LogP contribution >= 0.6 is 11.3 Å². The van der Waals surface area contributed by atoms with Gasteiger partial charge in [-0.1, -0.05) is 11.3 Å². The van der Waals surface area contributed by atoms with Gasteiger partial charge in [0.05, 0.1) is 22.9 Å². The topological polar surface area (TPSA) is 83.6 Å². The lowest BCUT2D eigenvalue weighted by Crippen LogP contribution is -2.39. The van der Waals surface area contributed by atoms with E-state index in [0.717, 1.165) is 16.0 Å². The van der Waals surface area contributed by atoms with Gasteiger partial charge in [-0.2, -0.15) is 0 Å². The zero-order chi connectivity index (χ0) is 20.4. The smallest absolute Gasteiger partial charge is 0.321 e. The van der Waals surface area contributed by atoms with Crippen molar-refractivity contribution in [3.8, 4) is 5.75 Å². The minimum absolute atomic E-state index is 0.120. The predicted molar refractivity (Wildman–Crippen MR) is 110 cm³/mol. The average Bonchev–Trinajstić information content (AvgIpc) is 3.24. The normalized spacial score (nSPS) is 16.3. The van der Waals surface area contributed by atoms with E-state index < -0.39 is 6.03 Å². The first-order valence-electron chi connectivity index (χ1n) is 9.18. The largest absolute Gasteiger partial charge is 0.494 e. The molecule has 2 N–H and O–H groups in total. The molecule has 1 aromatic heterocycles. The summed E-state index contributed by atoms with van der Waals surface area (Å²) in [6.07, 6.45) is 0.183. The SMILES string of the molecule is CCOc1ccc2nc(NC(=O)N[C@H]3CC(=O)N(c4ccc(F)cc4)C3)sc2c1. The summed E-state index contributed by atoms with van der Waals surface area (Å²) in [5, 5.41) is 5.99. The summed E-state index contributed by atoms with van der Waals surface area (Å²) in [6.45, 7) is 2.82. The summed E-state index contributed by atoms with van der Waals surface area (Å²) in [7, 11) is 0. The number of fused-ring (bicyclic) bond motifs is 1. The average molecular weight is 414 g/mol. The van der Waals surface area contributed by atoms with Crippen LogP contribution in [0.25, 0.3) is 10.2 Å². The Morgan fingerprint density at radius 2 is 2.10 bits per heavy atom. The molecule has 1 saturated heterocycles. The van der Waals surface area contributed by atoms with Gasteiger partial charge >= 0.3 is 6.03 Å². The molecule has 0 saturated carbocycles. The molecule has 3 amide bonds. The minimum Gasteiger partial charge on any atom is -0.494 e. The van der Waals surface area contributed by atoms with Gasteiger partial charge in [-0.25, -0.2) is 14.2 Å². The van der Waals surface area contributed by atoms with Crippen LogP contribution in [0.3, 0.4) is 0 Å².